The highest BCUT2D eigenvalue weighted by Gasteiger charge is 2.22. The Morgan fingerprint density at radius 3 is 2.64 bits per heavy atom. The summed E-state index contributed by atoms with van der Waals surface area (Å²) in [6.07, 6.45) is 6.20. The first-order valence-corrected chi connectivity index (χ1v) is 11.5. The molecule has 1 saturated heterocycles. The topological polar surface area (TPSA) is 101 Å². The standard InChI is InChI=1S/C26H34N4O3/c1-3-32-26(31)19(2)30(17-5-7-20-6-4-8-21(18-20)25(27)28)22-9-11-23(12-10-22)33-24-13-15-29-16-14-24/h4-12,18-19,24,29H,3,13-17H2,1-2H3,(H3,27,28). The number of benzene rings is 2. The second-order valence-corrected chi connectivity index (χ2v) is 8.08. The van der Waals surface area contributed by atoms with Crippen molar-refractivity contribution in [2.24, 2.45) is 5.73 Å². The minimum atomic E-state index is -0.450. The Kier molecular flexibility index (Phi) is 8.89. The SMILES string of the molecule is CCOC(=O)C(C)N(CC=Cc1cccc(C(=N)N)c1)c1ccc(OC2CCNCC2)cc1. The van der Waals surface area contributed by atoms with E-state index in [1.165, 1.54) is 0 Å². The fourth-order valence-corrected chi connectivity index (χ4v) is 3.81. The van der Waals surface area contributed by atoms with Crippen molar-refractivity contribution < 1.29 is 14.3 Å². The van der Waals surface area contributed by atoms with E-state index in [9.17, 15) is 4.79 Å². The number of nitrogens with two attached hydrogens (primary N) is 1. The molecule has 1 atom stereocenters. The van der Waals surface area contributed by atoms with Gasteiger partial charge in [0.2, 0.25) is 0 Å². The first-order chi connectivity index (χ1) is 16.0. The number of carbonyl (C=O) groups excluding carboxylic acids is 1. The maximum atomic E-state index is 12.5. The van der Waals surface area contributed by atoms with E-state index in [2.05, 4.69) is 5.32 Å². The molecule has 0 aromatic heterocycles. The van der Waals surface area contributed by atoms with Gasteiger partial charge in [-0.1, -0.05) is 30.4 Å². The molecule has 176 valence electrons. The number of esters is 1. The zero-order valence-corrected chi connectivity index (χ0v) is 19.4. The van der Waals surface area contributed by atoms with E-state index >= 15 is 0 Å². The number of rotatable bonds is 10. The monoisotopic (exact) mass is 450 g/mol. The van der Waals surface area contributed by atoms with Crippen molar-refractivity contribution in [2.75, 3.05) is 31.1 Å². The van der Waals surface area contributed by atoms with Crippen LogP contribution in [-0.4, -0.2) is 50.2 Å². The van der Waals surface area contributed by atoms with E-state index in [4.69, 9.17) is 20.6 Å². The fourth-order valence-electron chi connectivity index (χ4n) is 3.81. The summed E-state index contributed by atoms with van der Waals surface area (Å²) in [5, 5.41) is 11.0. The minimum absolute atomic E-state index is 0.0367. The summed E-state index contributed by atoms with van der Waals surface area (Å²) in [4.78, 5) is 14.5. The van der Waals surface area contributed by atoms with E-state index in [0.29, 0.717) is 18.7 Å². The molecule has 0 radical (unpaired) electrons. The van der Waals surface area contributed by atoms with Gasteiger partial charge in [0.1, 0.15) is 23.7 Å². The second-order valence-electron chi connectivity index (χ2n) is 8.08. The van der Waals surface area contributed by atoms with Crippen molar-refractivity contribution in [3.63, 3.8) is 0 Å². The highest BCUT2D eigenvalue weighted by molar-refractivity contribution is 5.95. The highest BCUT2D eigenvalue weighted by atomic mass is 16.5. The molecule has 0 bridgehead atoms. The van der Waals surface area contributed by atoms with Crippen molar-refractivity contribution >= 4 is 23.6 Å². The number of amidine groups is 1. The third-order valence-electron chi connectivity index (χ3n) is 5.66. The number of nitrogen functional groups attached to an aromatic ring is 1. The normalized spacial score (nSPS) is 15.2. The Morgan fingerprint density at radius 1 is 1.24 bits per heavy atom. The summed E-state index contributed by atoms with van der Waals surface area (Å²) in [6, 6.07) is 14.9. The summed E-state index contributed by atoms with van der Waals surface area (Å²) >= 11 is 0. The van der Waals surface area contributed by atoms with Crippen LogP contribution in [0.15, 0.2) is 54.6 Å². The van der Waals surface area contributed by atoms with Crippen LogP contribution in [0.2, 0.25) is 0 Å². The van der Waals surface area contributed by atoms with Crippen molar-refractivity contribution in [1.29, 1.82) is 5.41 Å². The zero-order chi connectivity index (χ0) is 23.6. The molecule has 2 aromatic carbocycles. The number of anilines is 1. The van der Waals surface area contributed by atoms with Crippen molar-refractivity contribution in [3.05, 3.63) is 65.7 Å². The third-order valence-corrected chi connectivity index (χ3v) is 5.66. The van der Waals surface area contributed by atoms with Crippen LogP contribution in [0.25, 0.3) is 6.08 Å². The number of ether oxygens (including phenoxy) is 2. The number of nitrogens with one attached hydrogen (secondary N) is 2. The average Bonchev–Trinajstić information content (AvgIpc) is 2.83. The predicted molar refractivity (Wildman–Crippen MR) is 133 cm³/mol. The van der Waals surface area contributed by atoms with Crippen molar-refractivity contribution in [3.8, 4) is 5.75 Å². The van der Waals surface area contributed by atoms with Crippen molar-refractivity contribution in [1.82, 2.24) is 5.32 Å². The molecule has 1 aliphatic heterocycles. The highest BCUT2D eigenvalue weighted by Crippen LogP contribution is 2.24. The maximum Gasteiger partial charge on any atom is 0.328 e. The number of carbonyl (C=O) groups is 1. The van der Waals surface area contributed by atoms with Gasteiger partial charge in [-0.25, -0.2) is 4.79 Å². The van der Waals surface area contributed by atoms with Crippen LogP contribution in [0.5, 0.6) is 5.75 Å². The van der Waals surface area contributed by atoms with Crippen molar-refractivity contribution in [2.45, 2.75) is 38.8 Å². The molecule has 0 aliphatic carbocycles. The Balaban J connectivity index is 1.74. The lowest BCUT2D eigenvalue weighted by atomic mass is 10.1. The third kappa shape index (κ3) is 7.08. The van der Waals surface area contributed by atoms with Gasteiger partial charge in [0.05, 0.1) is 6.61 Å². The van der Waals surface area contributed by atoms with Crippen LogP contribution < -0.4 is 20.7 Å². The van der Waals surface area contributed by atoms with E-state index in [0.717, 1.165) is 42.9 Å². The van der Waals surface area contributed by atoms with E-state index in [1.807, 2.05) is 79.4 Å². The first-order valence-electron chi connectivity index (χ1n) is 11.5. The second kappa shape index (κ2) is 12.1. The molecule has 4 N–H and O–H groups in total. The Hall–Kier alpha value is -3.32. The summed E-state index contributed by atoms with van der Waals surface area (Å²) in [7, 11) is 0. The average molecular weight is 451 g/mol. The van der Waals surface area contributed by atoms with Crippen LogP contribution >= 0.6 is 0 Å². The number of nitrogens with zero attached hydrogens (tertiary/aromatic N) is 1. The maximum absolute atomic E-state index is 12.5. The van der Waals surface area contributed by atoms with E-state index in [1.54, 1.807) is 0 Å². The van der Waals surface area contributed by atoms with Gasteiger partial charge in [0.15, 0.2) is 0 Å². The van der Waals surface area contributed by atoms with Gasteiger partial charge in [-0.05, 0) is 75.7 Å². The predicted octanol–water partition coefficient (Wildman–Crippen LogP) is 3.57. The van der Waals surface area contributed by atoms with Gasteiger partial charge < -0.3 is 25.4 Å². The molecule has 1 heterocycles. The Labute approximate surface area is 196 Å². The van der Waals surface area contributed by atoms with Gasteiger partial charge in [0, 0.05) is 17.8 Å². The molecule has 0 saturated carbocycles. The lowest BCUT2D eigenvalue weighted by Crippen LogP contribution is -2.40. The molecule has 1 aliphatic rings. The molecule has 0 spiro atoms. The van der Waals surface area contributed by atoms with Gasteiger partial charge >= 0.3 is 5.97 Å². The van der Waals surface area contributed by atoms with E-state index in [-0.39, 0.29) is 17.9 Å². The number of piperidine rings is 1. The van der Waals surface area contributed by atoms with Gasteiger partial charge in [0.25, 0.3) is 0 Å². The first kappa shape index (κ1) is 24.3. The number of hydrogen-bond donors (Lipinski definition) is 3. The van der Waals surface area contributed by atoms with Crippen LogP contribution in [0.3, 0.4) is 0 Å². The smallest absolute Gasteiger partial charge is 0.328 e. The zero-order valence-electron chi connectivity index (χ0n) is 19.4. The molecule has 7 nitrogen and oxygen atoms in total. The van der Waals surface area contributed by atoms with Gasteiger partial charge in [-0.3, -0.25) is 5.41 Å². The molecule has 0 amide bonds. The summed E-state index contributed by atoms with van der Waals surface area (Å²) in [6.45, 7) is 6.47. The molecule has 7 heteroatoms. The van der Waals surface area contributed by atoms with Crippen LogP contribution in [0.4, 0.5) is 5.69 Å². The molecule has 1 unspecified atom stereocenters. The molecule has 1 fully saturated rings. The van der Waals surface area contributed by atoms with Gasteiger partial charge in [-0.15, -0.1) is 0 Å². The molecular weight excluding hydrogens is 416 g/mol. The molecular formula is C26H34N4O3. The number of hydrogen-bond acceptors (Lipinski definition) is 6. The Morgan fingerprint density at radius 2 is 1.97 bits per heavy atom. The van der Waals surface area contributed by atoms with Gasteiger partial charge in [-0.2, -0.15) is 0 Å². The summed E-state index contributed by atoms with van der Waals surface area (Å²) in [5.41, 5.74) is 8.13. The molecule has 3 rings (SSSR count). The summed E-state index contributed by atoms with van der Waals surface area (Å²) < 4.78 is 11.4. The molecule has 33 heavy (non-hydrogen) atoms. The quantitative estimate of drug-likeness (QED) is 0.291. The van der Waals surface area contributed by atoms with Crippen LogP contribution in [-0.2, 0) is 9.53 Å². The minimum Gasteiger partial charge on any atom is -0.490 e. The fraction of sp³-hybridized carbons (Fsp3) is 0.385. The molecule has 2 aromatic rings. The Bertz CT molecular complexity index is 952. The largest absolute Gasteiger partial charge is 0.490 e. The lowest BCUT2D eigenvalue weighted by molar-refractivity contribution is -0.144. The lowest BCUT2D eigenvalue weighted by Gasteiger charge is -2.29. The summed E-state index contributed by atoms with van der Waals surface area (Å²) in [5.74, 6) is 0.611. The van der Waals surface area contributed by atoms with Crippen LogP contribution in [0.1, 0.15) is 37.8 Å². The van der Waals surface area contributed by atoms with E-state index < -0.39 is 6.04 Å². The van der Waals surface area contributed by atoms with Crippen LogP contribution in [0, 0.1) is 5.41 Å².